The van der Waals surface area contributed by atoms with Crippen LogP contribution in [0.25, 0.3) is 0 Å². The Kier molecular flexibility index (Phi) is 143. The Morgan fingerprint density at radius 1 is 1.00 bits per heavy atom. The second-order valence-corrected chi connectivity index (χ2v) is 0. The van der Waals surface area contributed by atoms with E-state index < -0.39 is 0 Å². The monoisotopic (exact) mass is 278 g/mol. The van der Waals surface area contributed by atoms with Crippen molar-refractivity contribution in [2.75, 3.05) is 0 Å². The van der Waals surface area contributed by atoms with Gasteiger partial charge in [0.05, 0.1) is 0 Å². The van der Waals surface area contributed by atoms with Crippen LogP contribution in [0.1, 0.15) is 0 Å². The molecule has 0 aromatic rings. The number of hydrogen-bond acceptors (Lipinski definition) is 0. The van der Waals surface area contributed by atoms with E-state index >= 15 is 0 Å². The molecule has 6 radical (unpaired) electrons. The van der Waals surface area contributed by atoms with E-state index in [2.05, 4.69) is 0 Å². The van der Waals surface area contributed by atoms with Crippen LogP contribution in [-0.4, -0.2) is 11.0 Å². The molecule has 0 N–H and O–H groups in total. The summed E-state index contributed by atoms with van der Waals surface area (Å²) in [5.74, 6) is 0. The van der Waals surface area contributed by atoms with Crippen molar-refractivity contribution in [3.63, 3.8) is 0 Å². The van der Waals surface area contributed by atoms with Crippen LogP contribution >= 0.6 is 0 Å². The molecule has 0 saturated carbocycles. The topological polar surface area (TPSA) is 0 Å². The van der Waals surface area contributed by atoms with Crippen molar-refractivity contribution in [2.24, 2.45) is 0 Å². The zero-order chi connectivity index (χ0) is 0. The minimum Gasteiger partial charge on any atom is 0 e. The summed E-state index contributed by atoms with van der Waals surface area (Å²) >= 11 is 0. The van der Waals surface area contributed by atoms with Crippen molar-refractivity contribution in [2.45, 2.75) is 0 Å². The summed E-state index contributed by atoms with van der Waals surface area (Å²) in [6.45, 7) is 0. The Morgan fingerprint density at radius 3 is 1.00 bits per heavy atom. The number of hydrogen-bond donors (Lipinski definition) is 0. The first kappa shape index (κ1) is 31.9. The van der Waals surface area contributed by atoms with Crippen molar-refractivity contribution in [1.29, 1.82) is 0 Å². The van der Waals surface area contributed by atoms with E-state index in [0.29, 0.717) is 0 Å². The zero-order valence-electron chi connectivity index (χ0n) is 1.81. The molecule has 0 heterocycles. The normalized spacial score (nSPS) is 0. The second kappa shape index (κ2) is 18.0. The van der Waals surface area contributed by atoms with Gasteiger partial charge in [0.1, 0.15) is 0 Å². The molecule has 0 aliphatic carbocycles. The molecule has 4 heteroatoms. The Bertz CT molecular complexity index is 8.00. The van der Waals surface area contributed by atoms with Crippen LogP contribution in [0.4, 0.5) is 0 Å². The molecule has 0 unspecified atom stereocenters. The fourth-order valence-corrected chi connectivity index (χ4v) is 0. The quantitative estimate of drug-likeness (QED) is 0.530. The van der Waals surface area contributed by atoms with Gasteiger partial charge in [0, 0.05) is 80.7 Å². The van der Waals surface area contributed by atoms with E-state index in [1.54, 1.807) is 0 Å². The second-order valence-electron chi connectivity index (χ2n) is 0. The molecule has 0 saturated heterocycles. The van der Waals surface area contributed by atoms with E-state index in [1.807, 2.05) is 0 Å². The third kappa shape index (κ3) is 8.82. The molecule has 4 heavy (non-hydrogen) atoms. The van der Waals surface area contributed by atoms with Gasteiger partial charge in [-0.15, -0.1) is 0 Å². The average molecular weight is 278 g/mol. The smallest absolute Gasteiger partial charge is 0 e. The van der Waals surface area contributed by atoms with Crippen LogP contribution in [0.15, 0.2) is 0 Å². The predicted molar refractivity (Wildman–Crippen MR) is 5.75 cm³/mol. The molecule has 0 spiro atoms. The van der Waals surface area contributed by atoms with Crippen LogP contribution in [0.3, 0.4) is 0 Å². The maximum absolute atomic E-state index is 0. The molecule has 0 atom stereocenters. The van der Waals surface area contributed by atoms with E-state index in [0.717, 1.165) is 0 Å². The zero-order valence-corrected chi connectivity index (χ0v) is 8.72. The summed E-state index contributed by atoms with van der Waals surface area (Å²) in [4.78, 5) is 0. The molecule has 0 aliphatic rings. The van der Waals surface area contributed by atoms with Gasteiger partial charge < -0.3 is 0 Å². The molecule has 0 rings (SSSR count). The van der Waals surface area contributed by atoms with Gasteiger partial charge in [-0.25, -0.2) is 0 Å². The van der Waals surface area contributed by atoms with E-state index in [9.17, 15) is 0 Å². The standard InChI is InChI=1S/Fe.La.Mn.Si. The fourth-order valence-electron chi connectivity index (χ4n) is 0. The molecule has 0 aliphatic heterocycles. The predicted octanol–water partition coefficient (Wildman–Crippen LogP) is -0.386. The van der Waals surface area contributed by atoms with Crippen molar-refractivity contribution < 1.29 is 69.7 Å². The van der Waals surface area contributed by atoms with Crippen LogP contribution in [0.2, 0.25) is 0 Å². The Balaban J connectivity index is 0. The molecule has 0 bridgehead atoms. The van der Waals surface area contributed by atoms with Crippen LogP contribution in [0, 0.1) is 35.6 Å². The summed E-state index contributed by atoms with van der Waals surface area (Å²) in [5, 5.41) is 0. The van der Waals surface area contributed by atoms with Crippen LogP contribution in [0.5, 0.6) is 0 Å². The van der Waals surface area contributed by atoms with Crippen molar-refractivity contribution in [3.05, 3.63) is 0 Å². The molecule has 0 aromatic carbocycles. The first-order valence-corrected chi connectivity index (χ1v) is 0. The van der Waals surface area contributed by atoms with Gasteiger partial charge in [-0.1, -0.05) is 0 Å². The summed E-state index contributed by atoms with van der Waals surface area (Å²) in [6, 6.07) is 0. The van der Waals surface area contributed by atoms with Gasteiger partial charge in [-0.3, -0.25) is 0 Å². The summed E-state index contributed by atoms with van der Waals surface area (Å²) in [7, 11) is 0. The van der Waals surface area contributed by atoms with Gasteiger partial charge in [0.15, 0.2) is 0 Å². The molecule has 0 aromatic heterocycles. The summed E-state index contributed by atoms with van der Waals surface area (Å²) < 4.78 is 0. The maximum atomic E-state index is 0. The van der Waals surface area contributed by atoms with Gasteiger partial charge in [-0.2, -0.15) is 0 Å². The van der Waals surface area contributed by atoms with Gasteiger partial charge >= 0.3 is 0 Å². The Hall–Kier alpha value is 2.45. The van der Waals surface area contributed by atoms with Gasteiger partial charge in [-0.05, 0) is 0 Å². The van der Waals surface area contributed by atoms with Gasteiger partial charge in [0.2, 0.25) is 0 Å². The van der Waals surface area contributed by atoms with E-state index in [4.69, 9.17) is 0 Å². The third-order valence-corrected chi connectivity index (χ3v) is 0. The average Bonchev–Trinajstić information content (AvgIpc) is 0. The van der Waals surface area contributed by atoms with E-state index in [-0.39, 0.29) is 80.7 Å². The minimum atomic E-state index is 0. The fraction of sp³-hybridized carbons (Fsp3) is 0. The summed E-state index contributed by atoms with van der Waals surface area (Å²) in [6.07, 6.45) is 0. The maximum Gasteiger partial charge on any atom is 0 e. The molecule has 0 fully saturated rings. The molecular weight excluding hydrogens is 278 g/mol. The third-order valence-electron chi connectivity index (χ3n) is 0. The Morgan fingerprint density at radius 2 is 1.00 bits per heavy atom. The first-order valence-electron chi connectivity index (χ1n) is 0. The number of rotatable bonds is 0. The molecule has 0 amide bonds. The van der Waals surface area contributed by atoms with Crippen molar-refractivity contribution >= 4 is 11.0 Å². The van der Waals surface area contributed by atoms with Crippen molar-refractivity contribution in [3.8, 4) is 0 Å². The van der Waals surface area contributed by atoms with Crippen LogP contribution < -0.4 is 0 Å². The molecule has 22 valence electrons. The minimum absolute atomic E-state index is 0. The first-order chi connectivity index (χ1) is 0. The summed E-state index contributed by atoms with van der Waals surface area (Å²) in [5.41, 5.74) is 0. The van der Waals surface area contributed by atoms with Gasteiger partial charge in [0.25, 0.3) is 0 Å². The Labute approximate surface area is 79.4 Å². The van der Waals surface area contributed by atoms with Crippen molar-refractivity contribution in [1.82, 2.24) is 0 Å². The SMILES string of the molecule is [Fe].[La].[Mn].[Si]. The largest absolute Gasteiger partial charge is 0 e. The van der Waals surface area contributed by atoms with E-state index in [1.165, 1.54) is 0 Å². The van der Waals surface area contributed by atoms with Crippen LogP contribution in [-0.2, 0) is 34.1 Å². The molecular formula is FeLaMnSi. The molecule has 0 nitrogen and oxygen atoms in total.